The van der Waals surface area contributed by atoms with Crippen LogP contribution in [0, 0.1) is 0 Å². The van der Waals surface area contributed by atoms with Gasteiger partial charge in [0.15, 0.2) is 6.10 Å². The van der Waals surface area contributed by atoms with Gasteiger partial charge in [-0.15, -0.1) is 0 Å². The minimum atomic E-state index is -0.772. The summed E-state index contributed by atoms with van der Waals surface area (Å²) >= 11 is 0. The van der Waals surface area contributed by atoms with Gasteiger partial charge in [0.25, 0.3) is 0 Å². The van der Waals surface area contributed by atoms with Gasteiger partial charge in [-0.25, -0.2) is 0 Å². The number of esters is 3. The fraction of sp³-hybridized carbons (Fsp3) is 0.759. The average Bonchev–Trinajstić information content (AvgIpc) is 3.24. The molecule has 0 fully saturated rings. The zero-order valence-electron chi connectivity index (χ0n) is 39.5. The van der Waals surface area contributed by atoms with Crippen molar-refractivity contribution in [1.82, 2.24) is 0 Å². The number of carbonyl (C=O) groups is 3. The monoisotopic (exact) mass is 839 g/mol. The molecule has 0 N–H and O–H groups in total. The summed E-state index contributed by atoms with van der Waals surface area (Å²) in [5.74, 6) is -0.897. The molecule has 0 radical (unpaired) electrons. The van der Waals surface area contributed by atoms with Gasteiger partial charge in [0, 0.05) is 19.3 Å². The first-order chi connectivity index (χ1) is 29.5. The maximum Gasteiger partial charge on any atom is 0.306 e. The van der Waals surface area contributed by atoms with Gasteiger partial charge in [0.05, 0.1) is 0 Å². The molecule has 0 saturated carbocycles. The SMILES string of the molecule is CC/C=C\C/C=C\C/C=C\C/C=C\C/C=C\CCCCCCCCCC(=O)OCC(COC(=O)CCCCCCC)OC(=O)CCCCCCCCCCCCCCCC. The zero-order chi connectivity index (χ0) is 43.7. The molecule has 0 amide bonds. The molecule has 0 aromatic rings. The van der Waals surface area contributed by atoms with Gasteiger partial charge in [0.1, 0.15) is 13.2 Å². The summed E-state index contributed by atoms with van der Waals surface area (Å²) < 4.78 is 16.7. The van der Waals surface area contributed by atoms with E-state index in [1.807, 2.05) is 0 Å². The van der Waals surface area contributed by atoms with Gasteiger partial charge in [-0.2, -0.15) is 0 Å². The lowest BCUT2D eigenvalue weighted by atomic mass is 10.0. The summed E-state index contributed by atoms with van der Waals surface area (Å²) in [6.45, 7) is 6.44. The van der Waals surface area contributed by atoms with Crippen LogP contribution in [0.2, 0.25) is 0 Å². The minimum Gasteiger partial charge on any atom is -0.462 e. The first-order valence-corrected chi connectivity index (χ1v) is 25.3. The zero-order valence-corrected chi connectivity index (χ0v) is 39.5. The number of hydrogen-bond donors (Lipinski definition) is 0. The first-order valence-electron chi connectivity index (χ1n) is 25.3. The molecule has 0 bridgehead atoms. The molecular formula is C54H94O6. The molecule has 0 aliphatic heterocycles. The van der Waals surface area contributed by atoms with E-state index in [0.717, 1.165) is 103 Å². The van der Waals surface area contributed by atoms with Crippen molar-refractivity contribution in [3.63, 3.8) is 0 Å². The molecule has 0 aliphatic rings. The molecule has 0 aromatic heterocycles. The van der Waals surface area contributed by atoms with Crippen LogP contribution in [0.3, 0.4) is 0 Å². The highest BCUT2D eigenvalue weighted by Gasteiger charge is 2.19. The second kappa shape index (κ2) is 48.8. The molecule has 1 atom stereocenters. The predicted octanol–water partition coefficient (Wildman–Crippen LogP) is 16.5. The Kier molecular flexibility index (Phi) is 46.4. The van der Waals surface area contributed by atoms with E-state index in [1.54, 1.807) is 0 Å². The Morgan fingerprint density at radius 3 is 1.02 bits per heavy atom. The molecule has 6 nitrogen and oxygen atoms in total. The van der Waals surface area contributed by atoms with E-state index >= 15 is 0 Å². The van der Waals surface area contributed by atoms with Crippen LogP contribution in [0.25, 0.3) is 0 Å². The van der Waals surface area contributed by atoms with Crippen molar-refractivity contribution >= 4 is 17.9 Å². The van der Waals surface area contributed by atoms with E-state index in [4.69, 9.17) is 14.2 Å². The number of carbonyl (C=O) groups excluding carboxylic acids is 3. The van der Waals surface area contributed by atoms with Crippen LogP contribution in [0.15, 0.2) is 60.8 Å². The van der Waals surface area contributed by atoms with Crippen LogP contribution in [0.4, 0.5) is 0 Å². The number of ether oxygens (including phenoxy) is 3. The van der Waals surface area contributed by atoms with Crippen molar-refractivity contribution in [2.75, 3.05) is 13.2 Å². The van der Waals surface area contributed by atoms with Crippen molar-refractivity contribution in [3.05, 3.63) is 60.8 Å². The fourth-order valence-electron chi connectivity index (χ4n) is 7.00. The molecule has 0 aromatic carbocycles. The minimum absolute atomic E-state index is 0.0768. The number of hydrogen-bond acceptors (Lipinski definition) is 6. The Morgan fingerprint density at radius 2 is 0.650 bits per heavy atom. The summed E-state index contributed by atoms with van der Waals surface area (Å²) in [6.07, 6.45) is 59.5. The average molecular weight is 839 g/mol. The third kappa shape index (κ3) is 46.2. The topological polar surface area (TPSA) is 78.9 Å². The summed E-state index contributed by atoms with van der Waals surface area (Å²) in [7, 11) is 0. The van der Waals surface area contributed by atoms with Crippen molar-refractivity contribution in [2.45, 2.75) is 252 Å². The number of unbranched alkanes of at least 4 members (excludes halogenated alkanes) is 24. The fourth-order valence-corrected chi connectivity index (χ4v) is 7.00. The van der Waals surface area contributed by atoms with Crippen LogP contribution in [-0.4, -0.2) is 37.2 Å². The number of allylic oxidation sites excluding steroid dienone is 10. The maximum absolute atomic E-state index is 12.7. The Labute approximate surface area is 370 Å². The summed E-state index contributed by atoms with van der Waals surface area (Å²) in [6, 6.07) is 0. The van der Waals surface area contributed by atoms with E-state index in [9.17, 15) is 14.4 Å². The summed E-state index contributed by atoms with van der Waals surface area (Å²) in [5, 5.41) is 0. The van der Waals surface area contributed by atoms with Gasteiger partial charge >= 0.3 is 17.9 Å². The van der Waals surface area contributed by atoms with Crippen LogP contribution >= 0.6 is 0 Å². The highest BCUT2D eigenvalue weighted by atomic mass is 16.6. The molecule has 0 heterocycles. The first kappa shape index (κ1) is 57.1. The molecule has 1 unspecified atom stereocenters. The summed E-state index contributed by atoms with van der Waals surface area (Å²) in [5.41, 5.74) is 0. The molecule has 0 aliphatic carbocycles. The van der Waals surface area contributed by atoms with Crippen molar-refractivity contribution in [3.8, 4) is 0 Å². The van der Waals surface area contributed by atoms with Crippen LogP contribution in [-0.2, 0) is 28.6 Å². The summed E-state index contributed by atoms with van der Waals surface area (Å²) in [4.78, 5) is 37.6. The van der Waals surface area contributed by atoms with Gasteiger partial charge in [0.2, 0.25) is 0 Å². The standard InChI is InChI=1S/C54H94O6/c1-4-7-10-13-15-17-19-21-23-24-25-26-27-28-29-30-31-33-34-36-38-41-44-47-53(56)59-50-51(49-58-52(55)46-43-40-12-9-6-3)60-54(57)48-45-42-39-37-35-32-22-20-18-16-14-11-8-5-2/h7,10,15,17,21,23,25-26,28-29,51H,4-6,8-9,11-14,16,18-20,22,24,27,30-50H2,1-3H3/b10-7-,17-15-,23-21-,26-25-,29-28-. The van der Waals surface area contributed by atoms with Crippen LogP contribution < -0.4 is 0 Å². The molecule has 346 valence electrons. The smallest absolute Gasteiger partial charge is 0.306 e. The van der Waals surface area contributed by atoms with Gasteiger partial charge in [-0.1, -0.05) is 223 Å². The number of rotatable bonds is 45. The Morgan fingerprint density at radius 1 is 0.350 bits per heavy atom. The molecule has 0 saturated heterocycles. The quantitative estimate of drug-likeness (QED) is 0.0263. The highest BCUT2D eigenvalue weighted by molar-refractivity contribution is 5.71. The largest absolute Gasteiger partial charge is 0.462 e. The molecule has 0 rings (SSSR count). The Bertz CT molecular complexity index is 1100. The Hall–Kier alpha value is -2.89. The molecule has 6 heteroatoms. The van der Waals surface area contributed by atoms with Crippen LogP contribution in [0.1, 0.15) is 245 Å². The Balaban J connectivity index is 4.15. The molecule has 0 spiro atoms. The normalized spacial score (nSPS) is 12.5. The van der Waals surface area contributed by atoms with E-state index in [2.05, 4.69) is 81.5 Å². The van der Waals surface area contributed by atoms with E-state index in [0.29, 0.717) is 19.3 Å². The second-order valence-corrected chi connectivity index (χ2v) is 16.7. The molecule has 60 heavy (non-hydrogen) atoms. The maximum atomic E-state index is 12.7. The van der Waals surface area contributed by atoms with Gasteiger partial charge in [-0.05, 0) is 64.2 Å². The predicted molar refractivity (Wildman–Crippen MR) is 256 cm³/mol. The molecular weight excluding hydrogens is 745 g/mol. The van der Waals surface area contributed by atoms with E-state index < -0.39 is 6.10 Å². The lowest BCUT2D eigenvalue weighted by Gasteiger charge is -2.18. The van der Waals surface area contributed by atoms with Gasteiger partial charge < -0.3 is 14.2 Å². The van der Waals surface area contributed by atoms with Gasteiger partial charge in [-0.3, -0.25) is 14.4 Å². The van der Waals surface area contributed by atoms with E-state index in [1.165, 1.54) is 103 Å². The highest BCUT2D eigenvalue weighted by Crippen LogP contribution is 2.15. The van der Waals surface area contributed by atoms with Crippen molar-refractivity contribution in [1.29, 1.82) is 0 Å². The second-order valence-electron chi connectivity index (χ2n) is 16.7. The van der Waals surface area contributed by atoms with Crippen molar-refractivity contribution < 1.29 is 28.6 Å². The van der Waals surface area contributed by atoms with Crippen molar-refractivity contribution in [2.24, 2.45) is 0 Å². The third-order valence-corrected chi connectivity index (χ3v) is 10.8. The van der Waals surface area contributed by atoms with Crippen LogP contribution in [0.5, 0.6) is 0 Å². The van der Waals surface area contributed by atoms with E-state index in [-0.39, 0.29) is 31.1 Å². The lowest BCUT2D eigenvalue weighted by molar-refractivity contribution is -0.167. The lowest BCUT2D eigenvalue weighted by Crippen LogP contribution is -2.30. The third-order valence-electron chi connectivity index (χ3n) is 10.8.